The standard InChI is InChI=1S/C28H34ClN5O3S/c1-19(2)38(36,37)26-10-5-4-9-24(26)32-27-23(29)18-30-28(33-27)31-22-8-6-7-21(17-22)25(35)12-11-20-13-15-34(3)16-14-20/h4-10,17-20H,11-16H2,1-3H3,(H2,30,31,32,33). The minimum atomic E-state index is -3.53. The Morgan fingerprint density at radius 2 is 1.84 bits per heavy atom. The second-order valence-electron chi connectivity index (χ2n) is 10.0. The number of benzene rings is 2. The Balaban J connectivity index is 1.46. The number of ketones is 1. The lowest BCUT2D eigenvalue weighted by molar-refractivity contribution is 0.0965. The van der Waals surface area contributed by atoms with Gasteiger partial charge in [-0.05, 0) is 83.4 Å². The summed E-state index contributed by atoms with van der Waals surface area (Å²) >= 11 is 6.34. The molecule has 0 amide bonds. The van der Waals surface area contributed by atoms with Crippen molar-refractivity contribution in [1.82, 2.24) is 14.9 Å². The van der Waals surface area contributed by atoms with Crippen LogP contribution in [0.2, 0.25) is 5.02 Å². The summed E-state index contributed by atoms with van der Waals surface area (Å²) in [6.45, 7) is 5.46. The van der Waals surface area contributed by atoms with Crippen molar-refractivity contribution in [3.63, 3.8) is 0 Å². The molecule has 0 atom stereocenters. The molecule has 4 rings (SSSR count). The van der Waals surface area contributed by atoms with Crippen LogP contribution < -0.4 is 10.6 Å². The number of para-hydroxylation sites is 1. The lowest BCUT2D eigenvalue weighted by Gasteiger charge is -2.28. The van der Waals surface area contributed by atoms with Crippen molar-refractivity contribution in [2.45, 2.75) is 49.7 Å². The highest BCUT2D eigenvalue weighted by Crippen LogP contribution is 2.31. The number of piperidine rings is 1. The van der Waals surface area contributed by atoms with Crippen molar-refractivity contribution in [3.05, 3.63) is 65.3 Å². The molecular weight excluding hydrogens is 522 g/mol. The molecule has 10 heteroatoms. The molecule has 1 saturated heterocycles. The molecular formula is C28H34ClN5O3S. The van der Waals surface area contributed by atoms with Crippen LogP contribution in [0.3, 0.4) is 0 Å². The highest BCUT2D eigenvalue weighted by atomic mass is 35.5. The highest BCUT2D eigenvalue weighted by molar-refractivity contribution is 7.92. The number of nitrogens with zero attached hydrogens (tertiary/aromatic N) is 3. The van der Waals surface area contributed by atoms with Gasteiger partial charge in [0.2, 0.25) is 5.95 Å². The van der Waals surface area contributed by atoms with E-state index in [1.807, 2.05) is 18.2 Å². The number of carbonyl (C=O) groups excluding carboxylic acids is 1. The number of Topliss-reactive ketones (excluding diaryl/α,β-unsaturated/α-hetero) is 1. The van der Waals surface area contributed by atoms with Gasteiger partial charge in [0.15, 0.2) is 21.4 Å². The minimum absolute atomic E-state index is 0.120. The third kappa shape index (κ3) is 6.89. The summed E-state index contributed by atoms with van der Waals surface area (Å²) in [5, 5.41) is 5.84. The normalized spacial score (nSPS) is 15.0. The number of rotatable bonds is 10. The molecule has 2 aromatic carbocycles. The third-order valence-corrected chi connectivity index (χ3v) is 9.36. The van der Waals surface area contributed by atoms with E-state index in [1.54, 1.807) is 44.2 Å². The van der Waals surface area contributed by atoms with E-state index in [0.29, 0.717) is 29.3 Å². The van der Waals surface area contributed by atoms with Gasteiger partial charge in [0.05, 0.1) is 22.0 Å². The summed E-state index contributed by atoms with van der Waals surface area (Å²) in [6.07, 6.45) is 5.16. The van der Waals surface area contributed by atoms with Crippen LogP contribution in [-0.2, 0) is 9.84 Å². The maximum absolute atomic E-state index is 12.9. The summed E-state index contributed by atoms with van der Waals surface area (Å²) in [7, 11) is -1.39. The average Bonchev–Trinajstić information content (AvgIpc) is 2.90. The van der Waals surface area contributed by atoms with Crippen molar-refractivity contribution < 1.29 is 13.2 Å². The van der Waals surface area contributed by atoms with Crippen molar-refractivity contribution >= 4 is 50.4 Å². The summed E-state index contributed by atoms with van der Waals surface area (Å²) in [5.74, 6) is 1.25. The average molecular weight is 556 g/mol. The van der Waals surface area contributed by atoms with Crippen LogP contribution in [0, 0.1) is 5.92 Å². The number of likely N-dealkylation sites (tertiary alicyclic amines) is 1. The molecule has 2 heterocycles. The van der Waals surface area contributed by atoms with Crippen LogP contribution in [0.1, 0.15) is 49.9 Å². The Labute approximate surface area is 229 Å². The van der Waals surface area contributed by atoms with Gasteiger partial charge in [0.1, 0.15) is 5.02 Å². The van der Waals surface area contributed by atoms with Crippen molar-refractivity contribution in [2.75, 3.05) is 30.8 Å². The van der Waals surface area contributed by atoms with Gasteiger partial charge >= 0.3 is 0 Å². The smallest absolute Gasteiger partial charge is 0.229 e. The molecule has 38 heavy (non-hydrogen) atoms. The number of aromatic nitrogens is 2. The summed E-state index contributed by atoms with van der Waals surface area (Å²) in [6, 6.07) is 13.9. The van der Waals surface area contributed by atoms with Gasteiger partial charge < -0.3 is 15.5 Å². The molecule has 1 aliphatic rings. The van der Waals surface area contributed by atoms with Gasteiger partial charge in [-0.15, -0.1) is 0 Å². The fraction of sp³-hybridized carbons (Fsp3) is 0.393. The lowest BCUT2D eigenvalue weighted by atomic mass is 9.90. The molecule has 1 fully saturated rings. The molecule has 0 spiro atoms. The van der Waals surface area contributed by atoms with Gasteiger partial charge in [-0.1, -0.05) is 35.9 Å². The van der Waals surface area contributed by atoms with Crippen molar-refractivity contribution in [3.8, 4) is 0 Å². The van der Waals surface area contributed by atoms with Gasteiger partial charge in [-0.3, -0.25) is 4.79 Å². The predicted molar refractivity (Wildman–Crippen MR) is 153 cm³/mol. The zero-order chi connectivity index (χ0) is 27.3. The first-order valence-corrected chi connectivity index (χ1v) is 14.8. The number of anilines is 4. The number of sulfone groups is 1. The first-order valence-electron chi connectivity index (χ1n) is 12.8. The van der Waals surface area contributed by atoms with Gasteiger partial charge in [-0.25, -0.2) is 13.4 Å². The van der Waals surface area contributed by atoms with Crippen LogP contribution in [0.25, 0.3) is 0 Å². The van der Waals surface area contributed by atoms with Crippen LogP contribution in [0.15, 0.2) is 59.6 Å². The van der Waals surface area contributed by atoms with Crippen LogP contribution in [0.4, 0.5) is 23.1 Å². The fourth-order valence-corrected chi connectivity index (χ4v) is 5.78. The summed E-state index contributed by atoms with van der Waals surface area (Å²) < 4.78 is 25.6. The maximum Gasteiger partial charge on any atom is 0.229 e. The monoisotopic (exact) mass is 555 g/mol. The van der Waals surface area contributed by atoms with E-state index >= 15 is 0 Å². The number of nitrogens with one attached hydrogen (secondary N) is 2. The Morgan fingerprint density at radius 1 is 1.11 bits per heavy atom. The molecule has 0 bridgehead atoms. The zero-order valence-corrected chi connectivity index (χ0v) is 23.5. The Morgan fingerprint density at radius 3 is 2.58 bits per heavy atom. The molecule has 1 aromatic heterocycles. The van der Waals surface area contributed by atoms with E-state index in [1.165, 1.54) is 6.20 Å². The Hall–Kier alpha value is -3.01. The van der Waals surface area contributed by atoms with E-state index < -0.39 is 15.1 Å². The molecule has 202 valence electrons. The van der Waals surface area contributed by atoms with Crippen LogP contribution >= 0.6 is 11.6 Å². The highest BCUT2D eigenvalue weighted by Gasteiger charge is 2.23. The van der Waals surface area contributed by atoms with Crippen molar-refractivity contribution in [2.24, 2.45) is 5.92 Å². The SMILES string of the molecule is CC(C)S(=O)(=O)c1ccccc1Nc1nc(Nc2cccc(C(=O)CCC3CCN(C)CC3)c2)ncc1Cl. The molecule has 0 unspecified atom stereocenters. The quantitative estimate of drug-likeness (QED) is 0.289. The van der Waals surface area contributed by atoms with E-state index in [4.69, 9.17) is 11.6 Å². The van der Waals surface area contributed by atoms with Crippen LogP contribution in [0.5, 0.6) is 0 Å². The molecule has 8 nitrogen and oxygen atoms in total. The first kappa shape index (κ1) is 28.0. The van der Waals surface area contributed by atoms with E-state index in [0.717, 1.165) is 32.4 Å². The van der Waals surface area contributed by atoms with Crippen molar-refractivity contribution in [1.29, 1.82) is 0 Å². The van der Waals surface area contributed by atoms with Gasteiger partial charge in [0.25, 0.3) is 0 Å². The Kier molecular flexibility index (Phi) is 9.02. The number of hydrogen-bond acceptors (Lipinski definition) is 8. The minimum Gasteiger partial charge on any atom is -0.338 e. The Bertz CT molecular complexity index is 1390. The second-order valence-corrected chi connectivity index (χ2v) is 12.9. The molecule has 2 N–H and O–H groups in total. The summed E-state index contributed by atoms with van der Waals surface area (Å²) in [4.78, 5) is 24.1. The molecule has 0 radical (unpaired) electrons. The maximum atomic E-state index is 12.9. The molecule has 0 aliphatic carbocycles. The van der Waals surface area contributed by atoms with Crippen LogP contribution in [-0.4, -0.2) is 54.5 Å². The predicted octanol–water partition coefficient (Wildman–Crippen LogP) is 6.10. The molecule has 3 aromatic rings. The fourth-order valence-electron chi connectivity index (χ4n) is 4.44. The molecule has 1 aliphatic heterocycles. The number of carbonyl (C=O) groups is 1. The van der Waals surface area contributed by atoms with E-state index in [-0.39, 0.29) is 27.5 Å². The van der Waals surface area contributed by atoms with Gasteiger partial charge in [0, 0.05) is 17.7 Å². The number of hydrogen-bond donors (Lipinski definition) is 2. The third-order valence-electron chi connectivity index (χ3n) is 6.87. The molecule has 0 saturated carbocycles. The van der Waals surface area contributed by atoms with Gasteiger partial charge in [-0.2, -0.15) is 4.98 Å². The van der Waals surface area contributed by atoms with E-state index in [9.17, 15) is 13.2 Å². The lowest BCUT2D eigenvalue weighted by Crippen LogP contribution is -2.30. The summed E-state index contributed by atoms with van der Waals surface area (Å²) in [5.41, 5.74) is 1.69. The largest absolute Gasteiger partial charge is 0.338 e. The van der Waals surface area contributed by atoms with E-state index in [2.05, 4.69) is 32.5 Å². The second kappa shape index (κ2) is 12.2. The first-order chi connectivity index (χ1) is 18.1. The topological polar surface area (TPSA) is 104 Å². The number of halogens is 1. The zero-order valence-electron chi connectivity index (χ0n) is 21.9.